The van der Waals surface area contributed by atoms with Gasteiger partial charge in [0, 0.05) is 30.3 Å². The van der Waals surface area contributed by atoms with Crippen molar-refractivity contribution in [3.05, 3.63) is 28.8 Å². The Morgan fingerprint density at radius 1 is 1.35 bits per heavy atom. The molecule has 1 saturated heterocycles. The fourth-order valence-corrected chi connectivity index (χ4v) is 2.21. The number of morpholine rings is 1. The topological polar surface area (TPSA) is 24.5 Å². The molecule has 0 amide bonds. The minimum atomic E-state index is 0.798. The van der Waals surface area contributed by atoms with Crippen LogP contribution >= 0.6 is 11.6 Å². The number of hydrogen-bond acceptors (Lipinski definition) is 3. The van der Waals surface area contributed by atoms with E-state index >= 15 is 0 Å². The summed E-state index contributed by atoms with van der Waals surface area (Å²) >= 11 is 6.09. The monoisotopic (exact) mass is 254 g/mol. The van der Waals surface area contributed by atoms with Gasteiger partial charge < -0.3 is 15.0 Å². The summed E-state index contributed by atoms with van der Waals surface area (Å²) in [6, 6.07) is 6.12. The molecule has 0 atom stereocenters. The van der Waals surface area contributed by atoms with E-state index in [0.29, 0.717) is 0 Å². The number of nitrogens with one attached hydrogen (secondary N) is 1. The Kier molecular flexibility index (Phi) is 4.66. The average Bonchev–Trinajstić information content (AvgIpc) is 2.38. The van der Waals surface area contributed by atoms with Gasteiger partial charge in [0.2, 0.25) is 0 Å². The molecule has 1 aliphatic rings. The van der Waals surface area contributed by atoms with Gasteiger partial charge in [-0.25, -0.2) is 0 Å². The Morgan fingerprint density at radius 2 is 2.12 bits per heavy atom. The van der Waals surface area contributed by atoms with Gasteiger partial charge in [0.25, 0.3) is 0 Å². The van der Waals surface area contributed by atoms with Crippen LogP contribution in [0.1, 0.15) is 12.5 Å². The number of ether oxygens (including phenoxy) is 1. The Labute approximate surface area is 108 Å². The summed E-state index contributed by atoms with van der Waals surface area (Å²) in [6.07, 6.45) is 0. The summed E-state index contributed by atoms with van der Waals surface area (Å²) in [5, 5.41) is 4.16. The van der Waals surface area contributed by atoms with Crippen LogP contribution in [0.3, 0.4) is 0 Å². The van der Waals surface area contributed by atoms with Crippen LogP contribution < -0.4 is 10.2 Å². The van der Waals surface area contributed by atoms with Gasteiger partial charge >= 0.3 is 0 Å². The van der Waals surface area contributed by atoms with Crippen molar-refractivity contribution in [2.24, 2.45) is 0 Å². The summed E-state index contributed by atoms with van der Waals surface area (Å²) in [6.45, 7) is 7.47. The maximum Gasteiger partial charge on any atom is 0.0642 e. The molecule has 1 aliphatic heterocycles. The van der Waals surface area contributed by atoms with Crippen molar-refractivity contribution in [2.45, 2.75) is 13.5 Å². The number of anilines is 1. The van der Waals surface area contributed by atoms with Crippen LogP contribution in [0, 0.1) is 0 Å². The van der Waals surface area contributed by atoms with Crippen LogP contribution in [0.25, 0.3) is 0 Å². The van der Waals surface area contributed by atoms with Crippen LogP contribution in [0.2, 0.25) is 5.02 Å². The molecule has 0 spiro atoms. The fourth-order valence-electron chi connectivity index (χ4n) is 2.04. The smallest absolute Gasteiger partial charge is 0.0642 e. The van der Waals surface area contributed by atoms with Crippen molar-refractivity contribution in [1.82, 2.24) is 5.32 Å². The average molecular weight is 255 g/mol. The SMILES string of the molecule is CCNCc1ccc(Cl)cc1N1CCOCC1. The highest BCUT2D eigenvalue weighted by molar-refractivity contribution is 6.30. The van der Waals surface area contributed by atoms with Crippen molar-refractivity contribution in [1.29, 1.82) is 0 Å². The normalized spacial score (nSPS) is 16.2. The molecule has 1 fully saturated rings. The van der Waals surface area contributed by atoms with Crippen LogP contribution in [-0.4, -0.2) is 32.8 Å². The minimum Gasteiger partial charge on any atom is -0.378 e. The lowest BCUT2D eigenvalue weighted by Gasteiger charge is -2.30. The second kappa shape index (κ2) is 6.24. The Bertz CT molecular complexity index is 364. The summed E-state index contributed by atoms with van der Waals surface area (Å²) < 4.78 is 5.38. The predicted octanol–water partition coefficient (Wildman–Crippen LogP) is 2.29. The minimum absolute atomic E-state index is 0.798. The molecule has 3 nitrogen and oxygen atoms in total. The second-order valence-electron chi connectivity index (χ2n) is 4.15. The zero-order chi connectivity index (χ0) is 12.1. The van der Waals surface area contributed by atoms with E-state index in [0.717, 1.165) is 44.4 Å². The summed E-state index contributed by atoms with van der Waals surface area (Å²) in [4.78, 5) is 2.35. The lowest BCUT2D eigenvalue weighted by molar-refractivity contribution is 0.122. The molecule has 0 radical (unpaired) electrons. The first-order chi connectivity index (χ1) is 8.31. The molecule has 1 N–H and O–H groups in total. The van der Waals surface area contributed by atoms with Gasteiger partial charge in [-0.05, 0) is 24.2 Å². The van der Waals surface area contributed by atoms with Gasteiger partial charge in [-0.1, -0.05) is 24.6 Å². The lowest BCUT2D eigenvalue weighted by atomic mass is 10.1. The third kappa shape index (κ3) is 3.35. The molecule has 0 saturated carbocycles. The first kappa shape index (κ1) is 12.7. The third-order valence-electron chi connectivity index (χ3n) is 2.96. The van der Waals surface area contributed by atoms with Gasteiger partial charge in [0.1, 0.15) is 0 Å². The van der Waals surface area contributed by atoms with E-state index in [9.17, 15) is 0 Å². The number of hydrogen-bond donors (Lipinski definition) is 1. The standard InChI is InChI=1S/C13H19ClN2O/c1-2-15-10-11-3-4-12(14)9-13(11)16-5-7-17-8-6-16/h3-4,9,15H,2,5-8,10H2,1H3. The van der Waals surface area contributed by atoms with E-state index in [1.807, 2.05) is 6.07 Å². The van der Waals surface area contributed by atoms with Crippen molar-refractivity contribution in [3.8, 4) is 0 Å². The van der Waals surface area contributed by atoms with E-state index in [4.69, 9.17) is 16.3 Å². The molecule has 1 heterocycles. The second-order valence-corrected chi connectivity index (χ2v) is 4.59. The van der Waals surface area contributed by atoms with E-state index in [2.05, 4.69) is 29.3 Å². The number of benzene rings is 1. The summed E-state index contributed by atoms with van der Waals surface area (Å²) in [5.74, 6) is 0. The van der Waals surface area contributed by atoms with Gasteiger partial charge in [-0.2, -0.15) is 0 Å². The molecule has 0 unspecified atom stereocenters. The molecule has 1 aromatic rings. The van der Waals surface area contributed by atoms with Gasteiger partial charge in [-0.15, -0.1) is 0 Å². The Morgan fingerprint density at radius 3 is 2.82 bits per heavy atom. The zero-order valence-corrected chi connectivity index (χ0v) is 11.0. The van der Waals surface area contributed by atoms with Crippen molar-refractivity contribution in [2.75, 3.05) is 37.7 Å². The van der Waals surface area contributed by atoms with E-state index < -0.39 is 0 Å². The van der Waals surface area contributed by atoms with E-state index in [1.54, 1.807) is 0 Å². The van der Waals surface area contributed by atoms with E-state index in [-0.39, 0.29) is 0 Å². The quantitative estimate of drug-likeness (QED) is 0.892. The first-order valence-electron chi connectivity index (χ1n) is 6.13. The molecule has 94 valence electrons. The van der Waals surface area contributed by atoms with Crippen LogP contribution in [-0.2, 0) is 11.3 Å². The molecule has 2 rings (SSSR count). The Balaban J connectivity index is 2.19. The first-order valence-corrected chi connectivity index (χ1v) is 6.51. The number of nitrogens with zero attached hydrogens (tertiary/aromatic N) is 1. The predicted molar refractivity (Wildman–Crippen MR) is 71.9 cm³/mol. The summed E-state index contributed by atoms with van der Waals surface area (Å²) in [7, 11) is 0. The van der Waals surface area contributed by atoms with Gasteiger partial charge in [0.15, 0.2) is 0 Å². The number of halogens is 1. The molecular formula is C13H19ClN2O. The highest BCUT2D eigenvalue weighted by Gasteiger charge is 2.14. The molecule has 17 heavy (non-hydrogen) atoms. The van der Waals surface area contributed by atoms with Crippen molar-refractivity contribution >= 4 is 17.3 Å². The van der Waals surface area contributed by atoms with Crippen molar-refractivity contribution < 1.29 is 4.74 Å². The Hall–Kier alpha value is -0.770. The largest absolute Gasteiger partial charge is 0.378 e. The highest BCUT2D eigenvalue weighted by atomic mass is 35.5. The van der Waals surface area contributed by atoms with Crippen molar-refractivity contribution in [3.63, 3.8) is 0 Å². The van der Waals surface area contributed by atoms with Crippen LogP contribution in [0.5, 0.6) is 0 Å². The van der Waals surface area contributed by atoms with Gasteiger partial charge in [-0.3, -0.25) is 0 Å². The van der Waals surface area contributed by atoms with Crippen LogP contribution in [0.15, 0.2) is 18.2 Å². The fraction of sp³-hybridized carbons (Fsp3) is 0.538. The lowest BCUT2D eigenvalue weighted by Crippen LogP contribution is -2.37. The maximum atomic E-state index is 6.09. The highest BCUT2D eigenvalue weighted by Crippen LogP contribution is 2.25. The maximum absolute atomic E-state index is 6.09. The molecule has 1 aromatic carbocycles. The molecular weight excluding hydrogens is 236 g/mol. The van der Waals surface area contributed by atoms with E-state index in [1.165, 1.54) is 11.3 Å². The molecule has 0 bridgehead atoms. The van der Waals surface area contributed by atoms with Gasteiger partial charge in [0.05, 0.1) is 13.2 Å². The zero-order valence-electron chi connectivity index (χ0n) is 10.2. The number of rotatable bonds is 4. The molecule has 4 heteroatoms. The summed E-state index contributed by atoms with van der Waals surface area (Å²) in [5.41, 5.74) is 2.54. The molecule has 0 aromatic heterocycles. The third-order valence-corrected chi connectivity index (χ3v) is 3.20. The molecule has 0 aliphatic carbocycles. The van der Waals surface area contributed by atoms with Crippen LogP contribution in [0.4, 0.5) is 5.69 Å².